The molecule has 2 saturated heterocycles. The highest BCUT2D eigenvalue weighted by Crippen LogP contribution is 2.36. The first kappa shape index (κ1) is 23.8. The molecule has 0 atom stereocenters. The van der Waals surface area contributed by atoms with Crippen LogP contribution in [0.5, 0.6) is 11.6 Å². The Morgan fingerprint density at radius 1 is 0.897 bits per heavy atom. The average Bonchev–Trinajstić information content (AvgIpc) is 3.62. The summed E-state index contributed by atoms with van der Waals surface area (Å²) in [6.07, 6.45) is 2.42. The maximum Gasteiger partial charge on any atom is 0.328 e. The van der Waals surface area contributed by atoms with E-state index in [2.05, 4.69) is 31.9 Å². The van der Waals surface area contributed by atoms with Crippen LogP contribution in [0, 0.1) is 11.3 Å². The van der Waals surface area contributed by atoms with E-state index in [0.29, 0.717) is 58.8 Å². The minimum absolute atomic E-state index is 0.289. The fraction of sp³-hybridized carbons (Fsp3) is 0.148. The molecule has 2 aliphatic rings. The molecular formula is C27H19N7O5. The van der Waals surface area contributed by atoms with Gasteiger partial charge in [-0.25, -0.2) is 9.78 Å². The second-order valence-electron chi connectivity index (χ2n) is 8.94. The summed E-state index contributed by atoms with van der Waals surface area (Å²) in [5.74, 6) is 0.231. The number of benzene rings is 2. The van der Waals surface area contributed by atoms with E-state index in [0.717, 1.165) is 0 Å². The smallest absolute Gasteiger partial charge is 0.328 e. The number of anilines is 1. The number of carbonyl (C=O) groups is 3. The van der Waals surface area contributed by atoms with Crippen molar-refractivity contribution in [2.75, 3.05) is 11.4 Å². The molecule has 2 aliphatic heterocycles. The van der Waals surface area contributed by atoms with Crippen molar-refractivity contribution in [3.8, 4) is 40.6 Å². The molecule has 2 N–H and O–H groups in total. The number of urea groups is 1. The number of nitrogens with one attached hydrogen (secondary N) is 2. The zero-order valence-corrected chi connectivity index (χ0v) is 20.2. The van der Waals surface area contributed by atoms with Gasteiger partial charge in [0.25, 0.3) is 11.8 Å². The molecule has 0 unspecified atom stereocenters. The SMILES string of the molecule is N#Cc1ccc(-c2nnc(-c3ccc(Oc4ccc(N5CCCC56C(=O)NC(=O)NC6=O)cn4)cc3)o2)cc1. The van der Waals surface area contributed by atoms with Gasteiger partial charge in [-0.1, -0.05) is 0 Å². The number of ether oxygens (including phenoxy) is 1. The van der Waals surface area contributed by atoms with Crippen LogP contribution in [0.4, 0.5) is 10.5 Å². The maximum absolute atomic E-state index is 12.7. The number of pyridine rings is 1. The number of amides is 4. The lowest BCUT2D eigenvalue weighted by molar-refractivity contribution is -0.137. The summed E-state index contributed by atoms with van der Waals surface area (Å²) in [6, 6.07) is 18.5. The van der Waals surface area contributed by atoms with Gasteiger partial charge in [0, 0.05) is 23.7 Å². The van der Waals surface area contributed by atoms with Gasteiger partial charge < -0.3 is 14.1 Å². The molecule has 192 valence electrons. The second-order valence-corrected chi connectivity index (χ2v) is 8.94. The number of imide groups is 2. The Morgan fingerprint density at radius 3 is 2.13 bits per heavy atom. The van der Waals surface area contributed by atoms with Gasteiger partial charge >= 0.3 is 6.03 Å². The van der Waals surface area contributed by atoms with Gasteiger partial charge in [0.2, 0.25) is 17.7 Å². The second kappa shape index (κ2) is 9.38. The molecule has 0 aliphatic carbocycles. The van der Waals surface area contributed by atoms with Crippen LogP contribution < -0.4 is 20.3 Å². The Bertz CT molecular complexity index is 1600. The van der Waals surface area contributed by atoms with E-state index in [1.165, 1.54) is 6.20 Å². The molecule has 39 heavy (non-hydrogen) atoms. The summed E-state index contributed by atoms with van der Waals surface area (Å²) in [5.41, 5.74) is 1.02. The van der Waals surface area contributed by atoms with Crippen LogP contribution in [-0.2, 0) is 9.59 Å². The van der Waals surface area contributed by atoms with Gasteiger partial charge in [-0.3, -0.25) is 20.2 Å². The zero-order valence-electron chi connectivity index (χ0n) is 20.2. The largest absolute Gasteiger partial charge is 0.439 e. The van der Waals surface area contributed by atoms with E-state index in [-0.39, 0.29) is 6.42 Å². The van der Waals surface area contributed by atoms with E-state index in [1.54, 1.807) is 65.6 Å². The fourth-order valence-corrected chi connectivity index (χ4v) is 4.71. The van der Waals surface area contributed by atoms with Gasteiger partial charge in [0.05, 0.1) is 23.5 Å². The Hall–Kier alpha value is -5.57. The number of rotatable bonds is 5. The molecule has 12 heteroatoms. The predicted molar refractivity (Wildman–Crippen MR) is 135 cm³/mol. The number of hydrogen-bond acceptors (Lipinski definition) is 10. The quantitative estimate of drug-likeness (QED) is 0.373. The van der Waals surface area contributed by atoms with Crippen molar-refractivity contribution in [3.63, 3.8) is 0 Å². The highest BCUT2D eigenvalue weighted by atomic mass is 16.5. The van der Waals surface area contributed by atoms with Crippen LogP contribution in [0.1, 0.15) is 18.4 Å². The lowest BCUT2D eigenvalue weighted by Gasteiger charge is -2.38. The monoisotopic (exact) mass is 521 g/mol. The third-order valence-corrected chi connectivity index (χ3v) is 6.63. The normalized spacial score (nSPS) is 16.1. The number of nitrogens with zero attached hydrogens (tertiary/aromatic N) is 5. The molecule has 0 saturated carbocycles. The van der Waals surface area contributed by atoms with Crippen LogP contribution in [0.3, 0.4) is 0 Å². The lowest BCUT2D eigenvalue weighted by Crippen LogP contribution is -2.71. The number of aromatic nitrogens is 3. The third kappa shape index (κ3) is 4.21. The molecule has 0 radical (unpaired) electrons. The van der Waals surface area contributed by atoms with Crippen molar-refractivity contribution in [2.24, 2.45) is 0 Å². The highest BCUT2D eigenvalue weighted by molar-refractivity contribution is 6.24. The summed E-state index contributed by atoms with van der Waals surface area (Å²) < 4.78 is 11.6. The predicted octanol–water partition coefficient (Wildman–Crippen LogP) is 3.17. The molecule has 12 nitrogen and oxygen atoms in total. The van der Waals surface area contributed by atoms with E-state index >= 15 is 0 Å². The molecule has 6 rings (SSSR count). The van der Waals surface area contributed by atoms with E-state index in [4.69, 9.17) is 14.4 Å². The zero-order chi connectivity index (χ0) is 27.0. The molecular weight excluding hydrogens is 502 g/mol. The number of carbonyl (C=O) groups excluding carboxylic acids is 3. The topological polar surface area (TPSA) is 163 Å². The molecule has 4 amide bonds. The molecule has 2 aromatic heterocycles. The number of barbiturate groups is 1. The molecule has 1 spiro atoms. The molecule has 4 heterocycles. The molecule has 2 fully saturated rings. The summed E-state index contributed by atoms with van der Waals surface area (Å²) >= 11 is 0. The van der Waals surface area contributed by atoms with Gasteiger partial charge in [0.15, 0.2) is 5.54 Å². The van der Waals surface area contributed by atoms with Crippen LogP contribution in [-0.4, -0.2) is 45.1 Å². The van der Waals surface area contributed by atoms with Crippen LogP contribution in [0.15, 0.2) is 71.3 Å². The van der Waals surface area contributed by atoms with Gasteiger partial charge in [-0.15, -0.1) is 10.2 Å². The van der Waals surface area contributed by atoms with Crippen LogP contribution in [0.2, 0.25) is 0 Å². The van der Waals surface area contributed by atoms with Gasteiger partial charge in [-0.05, 0) is 67.4 Å². The molecule has 0 bridgehead atoms. The Balaban J connectivity index is 1.14. The van der Waals surface area contributed by atoms with Crippen molar-refractivity contribution in [1.29, 1.82) is 5.26 Å². The van der Waals surface area contributed by atoms with Crippen LogP contribution >= 0.6 is 0 Å². The first-order valence-corrected chi connectivity index (χ1v) is 12.0. The minimum Gasteiger partial charge on any atom is -0.439 e. The van der Waals surface area contributed by atoms with Crippen molar-refractivity contribution < 1.29 is 23.5 Å². The summed E-state index contributed by atoms with van der Waals surface area (Å²) in [7, 11) is 0. The number of hydrogen-bond donors (Lipinski definition) is 2. The summed E-state index contributed by atoms with van der Waals surface area (Å²) in [4.78, 5) is 42.8. The first-order valence-electron chi connectivity index (χ1n) is 12.0. The van der Waals surface area contributed by atoms with Gasteiger partial charge in [-0.2, -0.15) is 5.26 Å². The third-order valence-electron chi connectivity index (χ3n) is 6.63. The standard InChI is InChI=1S/C27H19N7O5/c28-14-16-2-4-17(5-3-16)22-32-33-23(39-22)18-6-9-20(10-7-18)38-21-11-8-19(15-29-21)34-13-1-12-27(34)24(35)30-26(37)31-25(27)36/h2-11,15H,1,12-13H2,(H2,30,31,35,36,37). The average molecular weight is 521 g/mol. The van der Waals surface area contributed by atoms with Gasteiger partial charge in [0.1, 0.15) is 5.75 Å². The van der Waals surface area contributed by atoms with Crippen molar-refractivity contribution in [2.45, 2.75) is 18.4 Å². The highest BCUT2D eigenvalue weighted by Gasteiger charge is 2.57. The maximum atomic E-state index is 12.7. The lowest BCUT2D eigenvalue weighted by atomic mass is 9.92. The molecule has 4 aromatic rings. The summed E-state index contributed by atoms with van der Waals surface area (Å²) in [5, 5.41) is 21.5. The first-order chi connectivity index (χ1) is 19.0. The Morgan fingerprint density at radius 2 is 1.54 bits per heavy atom. The van der Waals surface area contributed by atoms with E-state index in [9.17, 15) is 14.4 Å². The van der Waals surface area contributed by atoms with Crippen molar-refractivity contribution in [3.05, 3.63) is 72.4 Å². The fourth-order valence-electron chi connectivity index (χ4n) is 4.71. The van der Waals surface area contributed by atoms with Crippen molar-refractivity contribution >= 4 is 23.5 Å². The van der Waals surface area contributed by atoms with E-state index < -0.39 is 23.4 Å². The Kier molecular flexibility index (Phi) is 5.73. The van der Waals surface area contributed by atoms with Crippen molar-refractivity contribution in [1.82, 2.24) is 25.8 Å². The summed E-state index contributed by atoms with van der Waals surface area (Å²) in [6.45, 7) is 0.459. The van der Waals surface area contributed by atoms with Crippen LogP contribution in [0.25, 0.3) is 22.9 Å². The minimum atomic E-state index is -1.48. The van der Waals surface area contributed by atoms with E-state index in [1.807, 2.05) is 0 Å². The number of nitriles is 1. The molecule has 2 aromatic carbocycles. The Labute approximate surface area is 221 Å².